The fourth-order valence-electron chi connectivity index (χ4n) is 3.44. The number of hydrogen-bond acceptors (Lipinski definition) is 3. The van der Waals surface area contributed by atoms with Crippen LogP contribution < -0.4 is 10.6 Å². The molecule has 0 unspecified atom stereocenters. The molecule has 0 saturated carbocycles. The summed E-state index contributed by atoms with van der Waals surface area (Å²) >= 11 is 1.96. The highest BCUT2D eigenvalue weighted by atomic mass is 32.2. The predicted molar refractivity (Wildman–Crippen MR) is 95.1 cm³/mol. The van der Waals surface area contributed by atoms with E-state index in [1.54, 1.807) is 0 Å². The molecule has 2 atom stereocenters. The molecule has 1 aromatic carbocycles. The van der Waals surface area contributed by atoms with E-state index in [4.69, 9.17) is 4.74 Å². The summed E-state index contributed by atoms with van der Waals surface area (Å²) in [6.07, 6.45) is 3.84. The third-order valence-electron chi connectivity index (χ3n) is 4.68. The molecule has 2 fully saturated rings. The van der Waals surface area contributed by atoms with E-state index < -0.39 is 0 Å². The van der Waals surface area contributed by atoms with Gasteiger partial charge in [-0.3, -0.25) is 0 Å². The maximum Gasteiger partial charge on any atom is 0.315 e. The lowest BCUT2D eigenvalue weighted by Crippen LogP contribution is -2.51. The van der Waals surface area contributed by atoms with Crippen molar-refractivity contribution in [1.82, 2.24) is 10.6 Å². The van der Waals surface area contributed by atoms with Crippen LogP contribution in [0.25, 0.3) is 0 Å². The van der Waals surface area contributed by atoms with Gasteiger partial charge in [0.1, 0.15) is 0 Å². The molecule has 1 spiro atoms. The van der Waals surface area contributed by atoms with Gasteiger partial charge in [-0.2, -0.15) is 11.8 Å². The molecule has 0 aliphatic carbocycles. The van der Waals surface area contributed by atoms with E-state index in [2.05, 4.69) is 41.8 Å². The fraction of sp³-hybridized carbons (Fsp3) is 0.611. The Morgan fingerprint density at radius 3 is 3.17 bits per heavy atom. The van der Waals surface area contributed by atoms with Crippen LogP contribution in [-0.2, 0) is 11.2 Å². The van der Waals surface area contributed by atoms with E-state index in [0.29, 0.717) is 6.54 Å². The molecule has 3 rings (SSSR count). The second-order valence-electron chi connectivity index (χ2n) is 6.66. The van der Waals surface area contributed by atoms with E-state index >= 15 is 0 Å². The minimum Gasteiger partial charge on any atom is -0.374 e. The van der Waals surface area contributed by atoms with E-state index in [1.165, 1.54) is 16.9 Å². The highest BCUT2D eigenvalue weighted by Crippen LogP contribution is 2.38. The van der Waals surface area contributed by atoms with Gasteiger partial charge in [-0.15, -0.1) is 0 Å². The van der Waals surface area contributed by atoms with Gasteiger partial charge in [-0.1, -0.05) is 29.8 Å². The van der Waals surface area contributed by atoms with Crippen molar-refractivity contribution in [2.75, 3.05) is 24.7 Å². The van der Waals surface area contributed by atoms with Gasteiger partial charge in [0.05, 0.1) is 5.60 Å². The minimum atomic E-state index is -0.0506. The van der Waals surface area contributed by atoms with Crippen LogP contribution in [0.3, 0.4) is 0 Å². The summed E-state index contributed by atoms with van der Waals surface area (Å²) in [6, 6.07) is 8.61. The summed E-state index contributed by atoms with van der Waals surface area (Å²) in [5, 5.41) is 6.11. The lowest BCUT2D eigenvalue weighted by molar-refractivity contribution is -0.0684. The smallest absolute Gasteiger partial charge is 0.315 e. The largest absolute Gasteiger partial charge is 0.374 e. The molecular weight excluding hydrogens is 308 g/mol. The average molecular weight is 334 g/mol. The number of thioether (sulfide) groups is 1. The van der Waals surface area contributed by atoms with Crippen LogP contribution in [0.1, 0.15) is 30.4 Å². The Bertz CT molecular complexity index is 544. The van der Waals surface area contributed by atoms with Crippen LogP contribution in [-0.4, -0.2) is 42.3 Å². The maximum atomic E-state index is 12.1. The monoisotopic (exact) mass is 334 g/mol. The van der Waals surface area contributed by atoms with Crippen LogP contribution in [0.2, 0.25) is 0 Å². The van der Waals surface area contributed by atoms with Crippen LogP contribution in [0.4, 0.5) is 4.79 Å². The zero-order valence-electron chi connectivity index (χ0n) is 13.8. The van der Waals surface area contributed by atoms with Gasteiger partial charge in [0.15, 0.2) is 0 Å². The van der Waals surface area contributed by atoms with E-state index in [0.717, 1.165) is 38.0 Å². The van der Waals surface area contributed by atoms with Crippen LogP contribution in [0.5, 0.6) is 0 Å². The van der Waals surface area contributed by atoms with Gasteiger partial charge in [-0.25, -0.2) is 4.79 Å². The van der Waals surface area contributed by atoms with Crippen LogP contribution in [0, 0.1) is 6.92 Å². The van der Waals surface area contributed by atoms with Crippen LogP contribution in [0.15, 0.2) is 24.3 Å². The Morgan fingerprint density at radius 1 is 1.48 bits per heavy atom. The molecule has 0 bridgehead atoms. The molecule has 0 aromatic heterocycles. The molecule has 4 nitrogen and oxygen atoms in total. The number of amides is 2. The van der Waals surface area contributed by atoms with E-state index in [9.17, 15) is 4.79 Å². The third kappa shape index (κ3) is 4.64. The number of ether oxygens (including phenoxy) is 1. The minimum absolute atomic E-state index is 0.0163. The molecule has 2 heterocycles. The summed E-state index contributed by atoms with van der Waals surface area (Å²) in [5.41, 5.74) is 2.54. The van der Waals surface area contributed by atoms with Gasteiger partial charge in [0.2, 0.25) is 0 Å². The van der Waals surface area contributed by atoms with E-state index in [-0.39, 0.29) is 17.7 Å². The SMILES string of the molecule is Cc1cccc(CCNC(=O)N[C@@H]2CCO[C@@]3(CCSC3)C2)c1. The first-order valence-corrected chi connectivity index (χ1v) is 9.62. The predicted octanol–water partition coefficient (Wildman–Crippen LogP) is 2.89. The van der Waals surface area contributed by atoms with Gasteiger partial charge in [0, 0.05) is 24.9 Å². The van der Waals surface area contributed by atoms with Crippen LogP contribution >= 0.6 is 11.8 Å². The van der Waals surface area contributed by atoms with Crippen molar-refractivity contribution in [2.45, 2.75) is 44.2 Å². The Morgan fingerprint density at radius 2 is 2.39 bits per heavy atom. The Hall–Kier alpha value is -1.20. The van der Waals surface area contributed by atoms with Crippen molar-refractivity contribution < 1.29 is 9.53 Å². The summed E-state index contributed by atoms with van der Waals surface area (Å²) in [6.45, 7) is 3.51. The maximum absolute atomic E-state index is 12.1. The zero-order chi connectivity index (χ0) is 16.1. The highest BCUT2D eigenvalue weighted by Gasteiger charge is 2.40. The molecule has 5 heteroatoms. The number of carbonyl (C=O) groups is 1. The molecule has 2 N–H and O–H groups in total. The first-order valence-electron chi connectivity index (χ1n) is 8.47. The molecule has 2 saturated heterocycles. The lowest BCUT2D eigenvalue weighted by atomic mass is 9.90. The highest BCUT2D eigenvalue weighted by molar-refractivity contribution is 7.99. The Labute approximate surface area is 142 Å². The summed E-state index contributed by atoms with van der Waals surface area (Å²) in [5.74, 6) is 2.25. The van der Waals surface area contributed by atoms with Crippen molar-refractivity contribution in [2.24, 2.45) is 0 Å². The van der Waals surface area contributed by atoms with Gasteiger partial charge in [0.25, 0.3) is 0 Å². The molecule has 1 aromatic rings. The Balaban J connectivity index is 1.40. The molecule has 2 aliphatic heterocycles. The van der Waals surface area contributed by atoms with Gasteiger partial charge in [-0.05, 0) is 43.9 Å². The van der Waals surface area contributed by atoms with Crippen molar-refractivity contribution in [3.8, 4) is 0 Å². The van der Waals surface area contributed by atoms with Gasteiger partial charge >= 0.3 is 6.03 Å². The zero-order valence-corrected chi connectivity index (χ0v) is 14.6. The number of nitrogens with one attached hydrogen (secondary N) is 2. The quantitative estimate of drug-likeness (QED) is 0.890. The van der Waals surface area contributed by atoms with E-state index in [1.807, 2.05) is 11.8 Å². The number of aryl methyl sites for hydroxylation is 1. The summed E-state index contributed by atoms with van der Waals surface area (Å²) in [4.78, 5) is 12.1. The number of carbonyl (C=O) groups excluding carboxylic acids is 1. The first-order chi connectivity index (χ1) is 11.2. The molecule has 0 radical (unpaired) electrons. The second kappa shape index (κ2) is 7.58. The normalized spacial score (nSPS) is 27.1. The second-order valence-corrected chi connectivity index (χ2v) is 7.77. The molecule has 126 valence electrons. The topological polar surface area (TPSA) is 50.4 Å². The van der Waals surface area contributed by atoms with Crippen molar-refractivity contribution in [3.05, 3.63) is 35.4 Å². The van der Waals surface area contributed by atoms with Crippen molar-refractivity contribution in [3.63, 3.8) is 0 Å². The Kier molecular flexibility index (Phi) is 5.49. The molecule has 2 amide bonds. The lowest BCUT2D eigenvalue weighted by Gasteiger charge is -2.37. The first kappa shape index (κ1) is 16.7. The standard InChI is InChI=1S/C18H26N2O2S/c1-14-3-2-4-15(11-14)5-8-19-17(21)20-16-6-9-22-18(12-16)7-10-23-13-18/h2-4,11,16H,5-10,12-13H2,1H3,(H2,19,20,21)/t16-,18+/m1/s1. The number of rotatable bonds is 4. The van der Waals surface area contributed by atoms with Crippen molar-refractivity contribution >= 4 is 17.8 Å². The number of hydrogen-bond donors (Lipinski definition) is 2. The van der Waals surface area contributed by atoms with Gasteiger partial charge < -0.3 is 15.4 Å². The third-order valence-corrected chi connectivity index (χ3v) is 5.90. The summed E-state index contributed by atoms with van der Waals surface area (Å²) in [7, 11) is 0. The number of urea groups is 1. The molecular formula is C18H26N2O2S. The van der Waals surface area contributed by atoms with Crippen molar-refractivity contribution in [1.29, 1.82) is 0 Å². The fourth-order valence-corrected chi connectivity index (χ4v) is 4.82. The molecule has 23 heavy (non-hydrogen) atoms. The average Bonchev–Trinajstić information content (AvgIpc) is 2.95. The molecule has 2 aliphatic rings. The summed E-state index contributed by atoms with van der Waals surface area (Å²) < 4.78 is 6.00. The number of benzene rings is 1.